The molecule has 0 aromatic carbocycles. The first-order valence-electron chi connectivity index (χ1n) is 26.3. The van der Waals surface area contributed by atoms with Gasteiger partial charge in [-0.15, -0.1) is 16.7 Å². The Balaban J connectivity index is 1.70. The Kier molecular flexibility index (Phi) is 49.9. The lowest BCUT2D eigenvalue weighted by Gasteiger charge is -2.14. The predicted octanol–water partition coefficient (Wildman–Crippen LogP) is 5.68. The smallest absolute Gasteiger partial charge is 0.326 e. The summed E-state index contributed by atoms with van der Waals surface area (Å²) in [6, 6.07) is -1.32. The lowest BCUT2D eigenvalue weighted by Crippen LogP contribution is -2.46. The van der Waals surface area contributed by atoms with E-state index in [4.69, 9.17) is 68.8 Å². The molecule has 1 aromatic rings. The number of nitrogens with one attached hydrogen (secondary N) is 3. The van der Waals surface area contributed by atoms with Gasteiger partial charge in [-0.3, -0.25) is 9.48 Å². The molecule has 0 saturated carbocycles. The molecule has 0 spiro atoms. The fraction of sp³-hybridized carbons (Fsp3) is 0.898. The van der Waals surface area contributed by atoms with Crippen molar-refractivity contribution < 1.29 is 71.6 Å². The minimum absolute atomic E-state index is 0.0112. The molecule has 0 unspecified atom stereocenters. The van der Waals surface area contributed by atoms with E-state index in [0.717, 1.165) is 102 Å². The summed E-state index contributed by atoms with van der Waals surface area (Å²) >= 11 is 5.67. The quantitative estimate of drug-likeness (QED) is 0.0349. The molecule has 3 amide bonds. The third-order valence-corrected chi connectivity index (χ3v) is 10.4. The van der Waals surface area contributed by atoms with Crippen molar-refractivity contribution in [2.24, 2.45) is 0 Å². The molecular formula is C49H93ClN6O15. The van der Waals surface area contributed by atoms with Crippen LogP contribution in [0.3, 0.4) is 0 Å². The van der Waals surface area contributed by atoms with Gasteiger partial charge in [-0.1, -0.05) is 31.4 Å². The summed E-state index contributed by atoms with van der Waals surface area (Å²) in [5.41, 5.74) is 0.755. The Morgan fingerprint density at radius 3 is 1.58 bits per heavy atom. The molecule has 1 heterocycles. The molecule has 0 saturated heterocycles. The summed E-state index contributed by atoms with van der Waals surface area (Å²) in [5, 5.41) is 25.5. The van der Waals surface area contributed by atoms with Gasteiger partial charge in [0.05, 0.1) is 52.4 Å². The van der Waals surface area contributed by atoms with Crippen molar-refractivity contribution in [2.75, 3.05) is 151 Å². The second kappa shape index (κ2) is 53.5. The van der Waals surface area contributed by atoms with Crippen LogP contribution < -0.4 is 16.0 Å². The number of unbranched alkanes of at least 4 members (excludes halogenated alkanes) is 5. The SMILES string of the molecule is CCC[C@H](NC(=O)NCCCCCn1cc(COCCOCCCOCCCOCCCOCCCOCCCOCCCOCOCCCC(=O)NCCOCCOCCCCCCCl)nn1)C(=O)O. The standard InChI is InChI=1S/C49H93ClN6O15/c1-2-17-46(48(58)59)53-49(60)52-20-7-5-8-22-56-42-45(54-55-56)43-69-41-40-67-35-15-33-64-31-13-29-62-27-11-25-61-26-12-28-63-30-14-32-65-34-16-36-71-44-70-24-10-18-47(57)51-21-37-68-39-38-66-23-9-4-3-6-19-50/h42,46H,2-41,43-44H2,1H3,(H,51,57)(H,58,59)(H2,52,53,60)/t46-/m0/s1. The number of aromatic nitrogens is 3. The molecular weight excluding hydrogens is 948 g/mol. The van der Waals surface area contributed by atoms with E-state index >= 15 is 0 Å². The van der Waals surface area contributed by atoms with E-state index in [0.29, 0.717) is 171 Å². The Labute approximate surface area is 429 Å². The normalized spacial score (nSPS) is 11.9. The van der Waals surface area contributed by atoms with Crippen molar-refractivity contribution in [3.63, 3.8) is 0 Å². The summed E-state index contributed by atoms with van der Waals surface area (Å²) in [6.45, 7) is 15.6. The molecule has 0 bridgehead atoms. The summed E-state index contributed by atoms with van der Waals surface area (Å²) in [5.74, 6) is -0.309. The van der Waals surface area contributed by atoms with Gasteiger partial charge in [-0.25, -0.2) is 9.59 Å². The zero-order valence-corrected chi connectivity index (χ0v) is 44.0. The number of ether oxygens (including phenoxy) is 11. The molecule has 0 aliphatic heterocycles. The zero-order valence-electron chi connectivity index (χ0n) is 43.2. The third kappa shape index (κ3) is 47.9. The van der Waals surface area contributed by atoms with Crippen molar-refractivity contribution in [3.8, 4) is 0 Å². The third-order valence-electron chi connectivity index (χ3n) is 10.2. The van der Waals surface area contributed by atoms with Gasteiger partial charge in [0.15, 0.2) is 0 Å². The molecule has 416 valence electrons. The largest absolute Gasteiger partial charge is 0.480 e. The monoisotopic (exact) mass is 1040 g/mol. The number of aliphatic carboxylic acids is 1. The van der Waals surface area contributed by atoms with Crippen LogP contribution in [0.4, 0.5) is 4.79 Å². The van der Waals surface area contributed by atoms with Crippen molar-refractivity contribution >= 4 is 29.5 Å². The van der Waals surface area contributed by atoms with Crippen LogP contribution in [-0.2, 0) is 74.8 Å². The number of carbonyl (C=O) groups is 3. The van der Waals surface area contributed by atoms with Gasteiger partial charge in [-0.2, -0.15) is 0 Å². The molecule has 1 aromatic heterocycles. The van der Waals surface area contributed by atoms with E-state index < -0.39 is 18.0 Å². The average molecular weight is 1040 g/mol. The van der Waals surface area contributed by atoms with Crippen molar-refractivity contribution in [1.82, 2.24) is 30.9 Å². The molecule has 21 nitrogen and oxygen atoms in total. The minimum Gasteiger partial charge on any atom is -0.480 e. The number of hydrogen-bond donors (Lipinski definition) is 4. The Morgan fingerprint density at radius 1 is 0.549 bits per heavy atom. The molecule has 71 heavy (non-hydrogen) atoms. The van der Waals surface area contributed by atoms with Crippen molar-refractivity contribution in [2.45, 2.75) is 135 Å². The van der Waals surface area contributed by atoms with Crippen LogP contribution in [-0.4, -0.2) is 195 Å². The van der Waals surface area contributed by atoms with E-state index in [1.807, 2.05) is 13.1 Å². The molecule has 0 radical (unpaired) electrons. The second-order valence-electron chi connectivity index (χ2n) is 16.7. The second-order valence-corrected chi connectivity index (χ2v) is 17.1. The number of amides is 3. The van der Waals surface area contributed by atoms with Gasteiger partial charge in [0, 0.05) is 118 Å². The highest BCUT2D eigenvalue weighted by Crippen LogP contribution is 2.04. The lowest BCUT2D eigenvalue weighted by atomic mass is 10.2. The molecule has 0 aliphatic carbocycles. The van der Waals surface area contributed by atoms with Crippen molar-refractivity contribution in [1.29, 1.82) is 0 Å². The molecule has 0 fully saturated rings. The van der Waals surface area contributed by atoms with Crippen LogP contribution in [0.5, 0.6) is 0 Å². The van der Waals surface area contributed by atoms with Crippen molar-refractivity contribution in [3.05, 3.63) is 11.9 Å². The van der Waals surface area contributed by atoms with Crippen LogP contribution in [0.15, 0.2) is 6.20 Å². The number of hydrogen-bond acceptors (Lipinski definition) is 16. The molecule has 1 atom stereocenters. The van der Waals surface area contributed by atoms with E-state index in [1.165, 1.54) is 0 Å². The van der Waals surface area contributed by atoms with E-state index in [1.54, 1.807) is 4.68 Å². The first kappa shape index (κ1) is 66.2. The van der Waals surface area contributed by atoms with Gasteiger partial charge in [0.2, 0.25) is 5.91 Å². The van der Waals surface area contributed by atoms with Gasteiger partial charge >= 0.3 is 12.0 Å². The van der Waals surface area contributed by atoms with Crippen LogP contribution >= 0.6 is 11.6 Å². The first-order chi connectivity index (χ1) is 35.0. The van der Waals surface area contributed by atoms with Gasteiger partial charge < -0.3 is 73.2 Å². The highest BCUT2D eigenvalue weighted by molar-refractivity contribution is 6.17. The fourth-order valence-corrected chi connectivity index (χ4v) is 6.56. The van der Waals surface area contributed by atoms with Gasteiger partial charge in [-0.05, 0) is 83.5 Å². The number of carboxylic acids is 1. The average Bonchev–Trinajstić information content (AvgIpc) is 3.82. The summed E-state index contributed by atoms with van der Waals surface area (Å²) < 4.78 is 63.3. The highest BCUT2D eigenvalue weighted by atomic mass is 35.5. The number of nitrogens with zero attached hydrogens (tertiary/aromatic N) is 3. The van der Waals surface area contributed by atoms with Gasteiger partial charge in [0.1, 0.15) is 18.5 Å². The number of carbonyl (C=O) groups excluding carboxylic acids is 2. The van der Waals surface area contributed by atoms with Gasteiger partial charge in [0.25, 0.3) is 0 Å². The maximum Gasteiger partial charge on any atom is 0.326 e. The van der Waals surface area contributed by atoms with E-state index in [9.17, 15) is 14.4 Å². The van der Waals surface area contributed by atoms with E-state index in [-0.39, 0.29) is 12.7 Å². The van der Waals surface area contributed by atoms with E-state index in [2.05, 4.69) is 26.3 Å². The van der Waals surface area contributed by atoms with Crippen LogP contribution in [0.2, 0.25) is 0 Å². The predicted molar refractivity (Wildman–Crippen MR) is 269 cm³/mol. The molecule has 1 rings (SSSR count). The Morgan fingerprint density at radius 2 is 1.03 bits per heavy atom. The molecule has 4 N–H and O–H groups in total. The highest BCUT2D eigenvalue weighted by Gasteiger charge is 2.18. The zero-order chi connectivity index (χ0) is 51.2. The van der Waals surface area contributed by atoms with Crippen LogP contribution in [0, 0.1) is 0 Å². The Bertz CT molecular complexity index is 1330. The summed E-state index contributed by atoms with van der Waals surface area (Å²) in [6.07, 6.45) is 15.9. The number of urea groups is 1. The number of halogens is 1. The molecule has 22 heteroatoms. The maximum absolute atomic E-state index is 11.9. The number of rotatable bonds is 57. The minimum atomic E-state index is -1.02. The Hall–Kier alpha value is -2.80. The maximum atomic E-state index is 11.9. The van der Waals surface area contributed by atoms with Crippen LogP contribution in [0.1, 0.15) is 122 Å². The topological polar surface area (TPSA) is 240 Å². The number of aryl methyl sites for hydroxylation is 1. The number of carboxylic acid groups (broad SMARTS) is 1. The number of alkyl halides is 1. The lowest BCUT2D eigenvalue weighted by molar-refractivity contribution is -0.139. The molecule has 0 aliphatic rings. The first-order valence-corrected chi connectivity index (χ1v) is 26.8. The summed E-state index contributed by atoms with van der Waals surface area (Å²) in [7, 11) is 0. The summed E-state index contributed by atoms with van der Waals surface area (Å²) in [4.78, 5) is 35.0. The fourth-order valence-electron chi connectivity index (χ4n) is 6.37. The van der Waals surface area contributed by atoms with Crippen LogP contribution in [0.25, 0.3) is 0 Å².